The van der Waals surface area contributed by atoms with Crippen molar-refractivity contribution in [2.75, 3.05) is 12.3 Å². The van der Waals surface area contributed by atoms with Crippen molar-refractivity contribution in [1.29, 1.82) is 0 Å². The number of aromatic nitrogens is 2. The van der Waals surface area contributed by atoms with Gasteiger partial charge in [-0.15, -0.1) is 11.3 Å². The summed E-state index contributed by atoms with van der Waals surface area (Å²) in [6.07, 6.45) is -1.67. The Kier molecular flexibility index (Phi) is 8.47. The van der Waals surface area contributed by atoms with E-state index in [-0.39, 0.29) is 12.6 Å². The molecule has 0 aliphatic rings. The Balaban J connectivity index is 1.78. The number of carbonyl (C=O) groups excluding carboxylic acids is 1. The van der Waals surface area contributed by atoms with Gasteiger partial charge < -0.3 is 10.1 Å². The van der Waals surface area contributed by atoms with Crippen LogP contribution in [-0.2, 0) is 16.3 Å². The number of benzene rings is 1. The van der Waals surface area contributed by atoms with Crippen LogP contribution in [0.25, 0.3) is 5.69 Å². The number of hydrogen-bond donors (Lipinski definition) is 2. The van der Waals surface area contributed by atoms with Crippen molar-refractivity contribution in [3.8, 4) is 11.4 Å². The number of thiophene rings is 1. The average molecular weight is 546 g/mol. The molecule has 13 heteroatoms. The van der Waals surface area contributed by atoms with Gasteiger partial charge in [0.1, 0.15) is 11.9 Å². The molecular weight excluding hydrogens is 519 g/mol. The van der Waals surface area contributed by atoms with Crippen LogP contribution in [0, 0.1) is 13.8 Å². The number of nitrogens with zero attached hydrogens (tertiary/aromatic N) is 2. The summed E-state index contributed by atoms with van der Waals surface area (Å²) in [4.78, 5) is 13.5. The first kappa shape index (κ1) is 27.7. The molecule has 0 aliphatic heterocycles. The second-order valence-electron chi connectivity index (χ2n) is 8.22. The monoisotopic (exact) mass is 545 g/mol. The Labute approximate surface area is 210 Å². The molecule has 2 N–H and O–H groups in total. The van der Waals surface area contributed by atoms with Gasteiger partial charge in [-0.2, -0.15) is 26.7 Å². The highest BCUT2D eigenvalue weighted by Gasteiger charge is 2.32. The van der Waals surface area contributed by atoms with Gasteiger partial charge in [0.15, 0.2) is 0 Å². The third kappa shape index (κ3) is 7.08. The number of hydrogen-bond acceptors (Lipinski definition) is 6. The van der Waals surface area contributed by atoms with Crippen LogP contribution in [-0.4, -0.2) is 41.0 Å². The van der Waals surface area contributed by atoms with E-state index >= 15 is 0 Å². The number of halogens is 3. The van der Waals surface area contributed by atoms with Crippen molar-refractivity contribution >= 4 is 27.4 Å². The summed E-state index contributed by atoms with van der Waals surface area (Å²) in [5, 5.41) is 6.32. The zero-order valence-corrected chi connectivity index (χ0v) is 21.4. The van der Waals surface area contributed by atoms with Crippen LogP contribution >= 0.6 is 11.3 Å². The summed E-state index contributed by atoms with van der Waals surface area (Å²) >= 11 is 1.21. The number of amides is 1. The maximum Gasteiger partial charge on any atom is 0.419 e. The number of nitrogens with one attached hydrogen (secondary N) is 1. The fourth-order valence-electron chi connectivity index (χ4n) is 3.65. The second-order valence-corrected chi connectivity index (χ2v) is 10.9. The predicted molar refractivity (Wildman–Crippen MR) is 129 cm³/mol. The molecule has 1 unspecified atom stereocenters. The zero-order chi connectivity index (χ0) is 26.7. The summed E-state index contributed by atoms with van der Waals surface area (Å²) in [6.45, 7) is 5.30. The SMILES string of the molecule is CCCC(Oc1cc(C)c(-n2cc(C(F)(F)F)cn2)c(C)c1)c1ccc(C(=O)NCCS(=O)(=O)O)s1. The average Bonchev–Trinajstić information content (AvgIpc) is 3.42. The first-order valence-corrected chi connectivity index (χ1v) is 13.4. The smallest absolute Gasteiger partial charge is 0.419 e. The Bertz CT molecular complexity index is 1310. The summed E-state index contributed by atoms with van der Waals surface area (Å²) in [6, 6.07) is 6.84. The zero-order valence-electron chi connectivity index (χ0n) is 19.8. The van der Waals surface area contributed by atoms with Crippen molar-refractivity contribution in [2.45, 2.75) is 45.9 Å². The number of ether oxygens (including phenoxy) is 1. The molecule has 36 heavy (non-hydrogen) atoms. The van der Waals surface area contributed by atoms with E-state index in [2.05, 4.69) is 10.4 Å². The van der Waals surface area contributed by atoms with Crippen molar-refractivity contribution in [1.82, 2.24) is 15.1 Å². The lowest BCUT2D eigenvalue weighted by Crippen LogP contribution is -2.28. The standard InChI is InChI=1S/C23H26F3N3O5S2/c1-4-5-18(19-6-7-20(35-19)22(30)27-8-9-36(31,32)33)34-17-10-14(2)21(15(3)11-17)29-13-16(12-28-29)23(24,25)26/h6-7,10-13,18H,4-5,8-9H2,1-3H3,(H,27,30)(H,31,32,33). The van der Waals surface area contributed by atoms with Gasteiger partial charge in [0.25, 0.3) is 16.0 Å². The summed E-state index contributed by atoms with van der Waals surface area (Å²) in [5.74, 6) is -0.509. The molecule has 0 aliphatic carbocycles. The van der Waals surface area contributed by atoms with Crippen LogP contribution in [0.1, 0.15) is 57.1 Å². The quantitative estimate of drug-likeness (QED) is 0.343. The largest absolute Gasteiger partial charge is 0.485 e. The molecule has 0 bridgehead atoms. The number of alkyl halides is 3. The molecule has 0 spiro atoms. The van der Waals surface area contributed by atoms with Crippen LogP contribution in [0.4, 0.5) is 13.2 Å². The van der Waals surface area contributed by atoms with E-state index in [1.165, 1.54) is 16.0 Å². The van der Waals surface area contributed by atoms with E-state index in [0.29, 0.717) is 33.9 Å². The number of carbonyl (C=O) groups is 1. The minimum atomic E-state index is -4.48. The molecule has 3 rings (SSSR count). The maximum atomic E-state index is 13.0. The third-order valence-corrected chi connectivity index (χ3v) is 7.14. The topological polar surface area (TPSA) is 111 Å². The molecule has 2 heterocycles. The molecule has 2 aromatic heterocycles. The molecule has 1 atom stereocenters. The third-order valence-electron chi connectivity index (χ3n) is 5.25. The van der Waals surface area contributed by atoms with Crippen molar-refractivity contribution in [3.63, 3.8) is 0 Å². The van der Waals surface area contributed by atoms with E-state index in [0.717, 1.165) is 23.7 Å². The highest BCUT2D eigenvalue weighted by atomic mass is 32.2. The Morgan fingerprint density at radius 3 is 2.47 bits per heavy atom. The lowest BCUT2D eigenvalue weighted by molar-refractivity contribution is -0.137. The molecular formula is C23H26F3N3O5S2. The Morgan fingerprint density at radius 1 is 1.25 bits per heavy atom. The normalized spacial score (nSPS) is 13.0. The maximum absolute atomic E-state index is 13.0. The van der Waals surface area contributed by atoms with Crippen molar-refractivity contribution < 1.29 is 35.7 Å². The molecule has 196 valence electrons. The van der Waals surface area contributed by atoms with Gasteiger partial charge in [-0.1, -0.05) is 13.3 Å². The van der Waals surface area contributed by atoms with Crippen LogP contribution in [0.5, 0.6) is 5.75 Å². The molecule has 3 aromatic rings. The van der Waals surface area contributed by atoms with E-state index < -0.39 is 33.5 Å². The van der Waals surface area contributed by atoms with E-state index in [1.807, 2.05) is 6.92 Å². The molecule has 0 fully saturated rings. The predicted octanol–water partition coefficient (Wildman–Crippen LogP) is 5.11. The van der Waals surface area contributed by atoms with Gasteiger partial charge in [-0.3, -0.25) is 9.35 Å². The molecule has 1 amide bonds. The fourth-order valence-corrected chi connectivity index (χ4v) is 5.00. The highest BCUT2D eigenvalue weighted by Crippen LogP contribution is 2.34. The van der Waals surface area contributed by atoms with Gasteiger partial charge in [-0.05, 0) is 55.7 Å². The van der Waals surface area contributed by atoms with Crippen molar-refractivity contribution in [3.05, 3.63) is 63.1 Å². The van der Waals surface area contributed by atoms with Crippen molar-refractivity contribution in [2.24, 2.45) is 0 Å². The van der Waals surface area contributed by atoms with E-state index in [1.54, 1.807) is 38.1 Å². The fraction of sp³-hybridized carbons (Fsp3) is 0.391. The van der Waals surface area contributed by atoms with Gasteiger partial charge in [-0.25, -0.2) is 4.68 Å². The minimum Gasteiger partial charge on any atom is -0.485 e. The second kappa shape index (κ2) is 11.0. The summed E-state index contributed by atoms with van der Waals surface area (Å²) in [7, 11) is -4.17. The van der Waals surface area contributed by atoms with Crippen LogP contribution in [0.15, 0.2) is 36.7 Å². The van der Waals surface area contributed by atoms with Crippen LogP contribution < -0.4 is 10.1 Å². The van der Waals surface area contributed by atoms with E-state index in [4.69, 9.17) is 9.29 Å². The summed E-state index contributed by atoms with van der Waals surface area (Å²) in [5.41, 5.74) is 1.06. The molecule has 0 saturated heterocycles. The van der Waals surface area contributed by atoms with Gasteiger partial charge >= 0.3 is 6.18 Å². The molecule has 1 aromatic carbocycles. The Hall–Kier alpha value is -2.90. The summed E-state index contributed by atoms with van der Waals surface area (Å²) < 4.78 is 76.8. The van der Waals surface area contributed by atoms with Crippen LogP contribution in [0.2, 0.25) is 0 Å². The molecule has 8 nitrogen and oxygen atoms in total. The lowest BCUT2D eigenvalue weighted by Gasteiger charge is -2.20. The van der Waals surface area contributed by atoms with Crippen LogP contribution in [0.3, 0.4) is 0 Å². The first-order chi connectivity index (χ1) is 16.8. The van der Waals surface area contributed by atoms with Gasteiger partial charge in [0.2, 0.25) is 0 Å². The van der Waals surface area contributed by atoms with Gasteiger partial charge in [0, 0.05) is 17.6 Å². The Morgan fingerprint density at radius 2 is 1.92 bits per heavy atom. The molecule has 0 saturated carbocycles. The minimum absolute atomic E-state index is 0.217. The highest BCUT2D eigenvalue weighted by molar-refractivity contribution is 7.85. The first-order valence-electron chi connectivity index (χ1n) is 11.0. The van der Waals surface area contributed by atoms with Gasteiger partial charge in [0.05, 0.1) is 28.1 Å². The van der Waals surface area contributed by atoms with E-state index in [9.17, 15) is 26.4 Å². The molecule has 0 radical (unpaired) electrons. The number of rotatable bonds is 10. The lowest BCUT2D eigenvalue weighted by atomic mass is 10.1. The number of aryl methyl sites for hydroxylation is 2.